The molecule has 0 spiro atoms. The molecule has 324 valence electrons. The minimum Gasteiger partial charge on any atom is -0.462 e. The molecule has 11 heteroatoms. The normalized spacial score (nSPS) is 14.1. The van der Waals surface area contributed by atoms with Crippen LogP contribution in [0.25, 0.3) is 0 Å². The summed E-state index contributed by atoms with van der Waals surface area (Å²) in [6, 6.07) is 0. The second-order valence-corrected chi connectivity index (χ2v) is 16.5. The Bertz CT molecular complexity index is 972. The molecule has 0 radical (unpaired) electrons. The van der Waals surface area contributed by atoms with Gasteiger partial charge in [0.1, 0.15) is 12.7 Å². The summed E-state index contributed by atoms with van der Waals surface area (Å²) in [5.74, 6) is -0.922. The number of phosphoric ester groups is 1. The Morgan fingerprint density at radius 2 is 0.945 bits per heavy atom. The first kappa shape index (κ1) is 53.5. The molecular weight excluding hydrogens is 719 g/mol. The van der Waals surface area contributed by atoms with E-state index in [0.29, 0.717) is 12.8 Å². The van der Waals surface area contributed by atoms with Crippen molar-refractivity contribution in [1.29, 1.82) is 0 Å². The molecule has 0 aliphatic rings. The van der Waals surface area contributed by atoms with Crippen LogP contribution in [0.15, 0.2) is 24.3 Å². The Balaban J connectivity index is 4.23. The number of allylic oxidation sites excluding steroid dienone is 4. The number of aliphatic hydroxyl groups is 2. The maximum absolute atomic E-state index is 12.6. The number of ether oxygens (including phenoxy) is 2. The molecule has 0 rings (SSSR count). The van der Waals surface area contributed by atoms with Crippen LogP contribution in [0.3, 0.4) is 0 Å². The zero-order valence-corrected chi connectivity index (χ0v) is 36.0. The maximum atomic E-state index is 12.6. The molecule has 1 unspecified atom stereocenters. The molecule has 0 aliphatic carbocycles. The molecule has 0 aromatic heterocycles. The molecule has 0 saturated heterocycles. The lowest BCUT2D eigenvalue weighted by Gasteiger charge is -2.20. The van der Waals surface area contributed by atoms with Crippen LogP contribution in [-0.2, 0) is 32.7 Å². The van der Waals surface area contributed by atoms with E-state index >= 15 is 0 Å². The van der Waals surface area contributed by atoms with Crippen molar-refractivity contribution in [1.82, 2.24) is 0 Å². The Morgan fingerprint density at radius 1 is 0.545 bits per heavy atom. The zero-order valence-electron chi connectivity index (χ0n) is 35.2. The lowest BCUT2D eigenvalue weighted by molar-refractivity contribution is -0.161. The molecule has 3 N–H and O–H groups in total. The van der Waals surface area contributed by atoms with Crippen molar-refractivity contribution in [2.45, 2.75) is 219 Å². The Morgan fingerprint density at radius 3 is 1.44 bits per heavy atom. The monoisotopic (exact) mass is 803 g/mol. The number of rotatable bonds is 42. The highest BCUT2D eigenvalue weighted by Gasteiger charge is 2.27. The summed E-state index contributed by atoms with van der Waals surface area (Å²) in [7, 11) is -4.61. The summed E-state index contributed by atoms with van der Waals surface area (Å²) in [5.41, 5.74) is 0. The average molecular weight is 803 g/mol. The fraction of sp³-hybridized carbons (Fsp3) is 0.864. The van der Waals surface area contributed by atoms with Gasteiger partial charge in [-0.15, -0.1) is 0 Å². The predicted molar refractivity (Wildman–Crippen MR) is 224 cm³/mol. The highest BCUT2D eigenvalue weighted by Crippen LogP contribution is 2.43. The van der Waals surface area contributed by atoms with Crippen LogP contribution in [-0.4, -0.2) is 65.7 Å². The van der Waals surface area contributed by atoms with Crippen LogP contribution in [0, 0.1) is 0 Å². The molecule has 0 bridgehead atoms. The van der Waals surface area contributed by atoms with Crippen molar-refractivity contribution in [3.05, 3.63) is 24.3 Å². The van der Waals surface area contributed by atoms with Gasteiger partial charge in [0.2, 0.25) is 0 Å². The summed E-state index contributed by atoms with van der Waals surface area (Å²) in [6.07, 6.45) is 39.9. The molecule has 0 heterocycles. The van der Waals surface area contributed by atoms with Gasteiger partial charge in [0.05, 0.1) is 19.8 Å². The van der Waals surface area contributed by atoms with E-state index in [1.54, 1.807) is 0 Å². The summed E-state index contributed by atoms with van der Waals surface area (Å²) < 4.78 is 32.7. The third-order valence-corrected chi connectivity index (χ3v) is 10.6. The third kappa shape index (κ3) is 40.4. The molecule has 0 fully saturated rings. The van der Waals surface area contributed by atoms with Crippen molar-refractivity contribution in [3.63, 3.8) is 0 Å². The van der Waals surface area contributed by atoms with E-state index in [1.165, 1.54) is 116 Å². The van der Waals surface area contributed by atoms with Crippen LogP contribution < -0.4 is 0 Å². The fourth-order valence-electron chi connectivity index (χ4n) is 6.14. The third-order valence-electron chi connectivity index (χ3n) is 9.61. The number of hydrogen-bond donors (Lipinski definition) is 3. The molecule has 0 saturated carbocycles. The van der Waals surface area contributed by atoms with Crippen molar-refractivity contribution in [3.8, 4) is 0 Å². The largest absolute Gasteiger partial charge is 0.472 e. The minimum absolute atomic E-state index is 0.187. The van der Waals surface area contributed by atoms with Crippen LogP contribution >= 0.6 is 7.82 Å². The van der Waals surface area contributed by atoms with Crippen LogP contribution in [0.5, 0.6) is 0 Å². The summed E-state index contributed by atoms with van der Waals surface area (Å²) >= 11 is 0. The average Bonchev–Trinajstić information content (AvgIpc) is 3.17. The van der Waals surface area contributed by atoms with Crippen molar-refractivity contribution >= 4 is 19.8 Å². The lowest BCUT2D eigenvalue weighted by Crippen LogP contribution is -2.29. The van der Waals surface area contributed by atoms with E-state index in [2.05, 4.69) is 38.2 Å². The van der Waals surface area contributed by atoms with Crippen molar-refractivity contribution < 1.29 is 47.8 Å². The lowest BCUT2D eigenvalue weighted by atomic mass is 10.0. The van der Waals surface area contributed by atoms with Crippen molar-refractivity contribution in [2.24, 2.45) is 0 Å². The van der Waals surface area contributed by atoms with Gasteiger partial charge in [-0.1, -0.05) is 173 Å². The molecule has 3 atom stereocenters. The minimum atomic E-state index is -4.61. The van der Waals surface area contributed by atoms with Gasteiger partial charge in [-0.25, -0.2) is 4.57 Å². The first-order valence-corrected chi connectivity index (χ1v) is 23.8. The van der Waals surface area contributed by atoms with E-state index in [4.69, 9.17) is 23.6 Å². The summed E-state index contributed by atoms with van der Waals surface area (Å²) in [4.78, 5) is 35.0. The van der Waals surface area contributed by atoms with Gasteiger partial charge in [0.25, 0.3) is 0 Å². The van der Waals surface area contributed by atoms with Gasteiger partial charge < -0.3 is 24.6 Å². The Labute approximate surface area is 336 Å². The van der Waals surface area contributed by atoms with E-state index < -0.39 is 51.8 Å². The number of carbonyl (C=O) groups excluding carboxylic acids is 2. The smallest absolute Gasteiger partial charge is 0.462 e. The van der Waals surface area contributed by atoms with Crippen LogP contribution in [0.1, 0.15) is 206 Å². The van der Waals surface area contributed by atoms with Gasteiger partial charge in [-0.05, 0) is 44.9 Å². The predicted octanol–water partition coefficient (Wildman–Crippen LogP) is 11.8. The molecule has 0 amide bonds. The first-order valence-electron chi connectivity index (χ1n) is 22.3. The Hall–Kier alpha value is -1.55. The van der Waals surface area contributed by atoms with Crippen LogP contribution in [0.4, 0.5) is 0 Å². The molecule has 0 aromatic rings. The van der Waals surface area contributed by atoms with Gasteiger partial charge in [0.15, 0.2) is 6.10 Å². The van der Waals surface area contributed by atoms with Gasteiger partial charge in [-0.2, -0.15) is 0 Å². The summed E-state index contributed by atoms with van der Waals surface area (Å²) in [5, 5.41) is 18.3. The van der Waals surface area contributed by atoms with Crippen LogP contribution in [0.2, 0.25) is 0 Å². The maximum Gasteiger partial charge on any atom is 0.472 e. The van der Waals surface area contributed by atoms with E-state index in [0.717, 1.165) is 51.4 Å². The fourth-order valence-corrected chi connectivity index (χ4v) is 6.93. The molecule has 0 aliphatic heterocycles. The molecule has 10 nitrogen and oxygen atoms in total. The number of esters is 2. The van der Waals surface area contributed by atoms with Crippen molar-refractivity contribution in [2.75, 3.05) is 26.4 Å². The number of phosphoric acid groups is 1. The van der Waals surface area contributed by atoms with E-state index in [9.17, 15) is 24.2 Å². The topological polar surface area (TPSA) is 149 Å². The van der Waals surface area contributed by atoms with Gasteiger partial charge >= 0.3 is 19.8 Å². The van der Waals surface area contributed by atoms with E-state index in [1.807, 2.05) is 0 Å². The second-order valence-electron chi connectivity index (χ2n) is 15.1. The zero-order chi connectivity index (χ0) is 40.5. The summed E-state index contributed by atoms with van der Waals surface area (Å²) in [6.45, 7) is 2.37. The number of unbranched alkanes of at least 4 members (excludes halogenated alkanes) is 24. The number of aliphatic hydroxyl groups excluding tert-OH is 2. The molecule has 55 heavy (non-hydrogen) atoms. The van der Waals surface area contributed by atoms with Gasteiger partial charge in [-0.3, -0.25) is 18.6 Å². The number of hydrogen-bond acceptors (Lipinski definition) is 9. The molecular formula is C44H83O10P. The molecule has 0 aromatic carbocycles. The quantitative estimate of drug-likeness (QED) is 0.0236. The van der Waals surface area contributed by atoms with Gasteiger partial charge in [0, 0.05) is 12.8 Å². The SMILES string of the molecule is CCCCC/C=C\C/C=C\CCCCCCCCCCCC(=O)OC[C@H](COP(=O)(O)OC[C@@H](O)CO)OC(=O)CCCCCCCCCCCCCCC. The first-order chi connectivity index (χ1) is 26.7. The number of carbonyl (C=O) groups is 2. The van der Waals surface area contributed by atoms with E-state index in [-0.39, 0.29) is 19.4 Å². The highest BCUT2D eigenvalue weighted by atomic mass is 31.2. The Kier molecular flexibility index (Phi) is 39.5. The highest BCUT2D eigenvalue weighted by molar-refractivity contribution is 7.47. The second kappa shape index (κ2) is 40.6. The standard InChI is InChI=1S/C44H83O10P/c1-3-5-7-9-11-13-15-17-18-19-20-21-22-24-25-27-29-31-33-35-43(47)51-39-42(40-53-55(49,50)52-38-41(46)37-45)54-44(48)36-34-32-30-28-26-23-16-14-12-10-8-6-4-2/h11,13,17-18,41-42,45-46H,3-10,12,14-16,19-40H2,1-2H3,(H,49,50)/b13-11-,18-17-/t41-,42+/m0/s1.